The Morgan fingerprint density at radius 1 is 1.24 bits per heavy atom. The minimum Gasteiger partial charge on any atom is -0.356 e. The molecule has 4 nitrogen and oxygen atoms in total. The molecule has 0 bridgehead atoms. The van der Waals surface area contributed by atoms with Gasteiger partial charge in [-0.2, -0.15) is 0 Å². The van der Waals surface area contributed by atoms with Crippen molar-refractivity contribution in [3.63, 3.8) is 0 Å². The van der Waals surface area contributed by atoms with Crippen LogP contribution >= 0.6 is 12.2 Å². The summed E-state index contributed by atoms with van der Waals surface area (Å²) in [5.74, 6) is -0.261. The number of nitrogens with one attached hydrogen (secondary N) is 2. The number of nitrogens with zero attached hydrogens (tertiary/aromatic N) is 1. The lowest BCUT2D eigenvalue weighted by Crippen LogP contribution is -2.40. The van der Waals surface area contributed by atoms with E-state index in [9.17, 15) is 4.79 Å². The standard InChI is InChI=1S/C16H17N3OS/c1-2-14(12-7-4-3-5-8-12)18-16(21)19-15(20)13-9-6-10-17-11-13/h3-11,14H,2H2,1H3,(H2,18,19,20,21)/t14-/m1/s1. The molecular weight excluding hydrogens is 282 g/mol. The first-order valence-corrected chi connectivity index (χ1v) is 7.18. The van der Waals surface area contributed by atoms with Crippen molar-refractivity contribution in [2.45, 2.75) is 19.4 Å². The van der Waals surface area contributed by atoms with Gasteiger partial charge in [0.15, 0.2) is 5.11 Å². The number of benzene rings is 1. The van der Waals surface area contributed by atoms with Gasteiger partial charge in [0, 0.05) is 12.4 Å². The molecule has 1 aromatic carbocycles. The van der Waals surface area contributed by atoms with E-state index in [4.69, 9.17) is 12.2 Å². The normalized spacial score (nSPS) is 11.5. The van der Waals surface area contributed by atoms with Crippen LogP contribution in [-0.2, 0) is 0 Å². The predicted molar refractivity (Wildman–Crippen MR) is 86.9 cm³/mol. The van der Waals surface area contributed by atoms with Gasteiger partial charge in [0.2, 0.25) is 0 Å². The minimum atomic E-state index is -0.261. The molecule has 2 rings (SSSR count). The van der Waals surface area contributed by atoms with E-state index in [2.05, 4.69) is 22.5 Å². The molecule has 0 fully saturated rings. The second-order valence-corrected chi connectivity index (χ2v) is 4.95. The molecule has 5 heteroatoms. The van der Waals surface area contributed by atoms with E-state index in [1.165, 1.54) is 6.20 Å². The molecule has 0 saturated carbocycles. The highest BCUT2D eigenvalue weighted by molar-refractivity contribution is 7.80. The third kappa shape index (κ3) is 4.36. The first-order chi connectivity index (χ1) is 10.2. The molecule has 2 N–H and O–H groups in total. The van der Waals surface area contributed by atoms with Crippen molar-refractivity contribution in [2.75, 3.05) is 0 Å². The average molecular weight is 299 g/mol. The molecule has 1 heterocycles. The summed E-state index contributed by atoms with van der Waals surface area (Å²) < 4.78 is 0. The maximum atomic E-state index is 12.0. The fourth-order valence-corrected chi connectivity index (χ4v) is 2.21. The van der Waals surface area contributed by atoms with Crippen molar-refractivity contribution in [1.82, 2.24) is 15.6 Å². The van der Waals surface area contributed by atoms with E-state index in [-0.39, 0.29) is 11.9 Å². The van der Waals surface area contributed by atoms with Gasteiger partial charge in [-0.05, 0) is 36.3 Å². The molecule has 1 amide bonds. The zero-order valence-corrected chi connectivity index (χ0v) is 12.6. The highest BCUT2D eigenvalue weighted by atomic mass is 32.1. The summed E-state index contributed by atoms with van der Waals surface area (Å²) in [7, 11) is 0. The van der Waals surface area contributed by atoms with Crippen LogP contribution < -0.4 is 10.6 Å². The number of hydrogen-bond acceptors (Lipinski definition) is 3. The summed E-state index contributed by atoms with van der Waals surface area (Å²) in [4.78, 5) is 15.9. The predicted octanol–water partition coefficient (Wildman–Crippen LogP) is 2.84. The molecule has 0 unspecified atom stereocenters. The van der Waals surface area contributed by atoms with E-state index in [1.54, 1.807) is 18.3 Å². The van der Waals surface area contributed by atoms with Gasteiger partial charge in [-0.1, -0.05) is 37.3 Å². The zero-order valence-electron chi connectivity index (χ0n) is 11.7. The van der Waals surface area contributed by atoms with E-state index in [1.807, 2.05) is 30.3 Å². The lowest BCUT2D eigenvalue weighted by Gasteiger charge is -2.19. The van der Waals surface area contributed by atoms with Crippen LogP contribution in [0.4, 0.5) is 0 Å². The van der Waals surface area contributed by atoms with Crippen molar-refractivity contribution >= 4 is 23.2 Å². The Kier molecular flexibility index (Phi) is 5.40. The summed E-state index contributed by atoms with van der Waals surface area (Å²) in [5.41, 5.74) is 1.62. The number of pyridine rings is 1. The van der Waals surface area contributed by atoms with Crippen LogP contribution in [0.1, 0.15) is 35.3 Å². The molecule has 0 radical (unpaired) electrons. The highest BCUT2D eigenvalue weighted by Gasteiger charge is 2.12. The third-order valence-electron chi connectivity index (χ3n) is 3.07. The van der Waals surface area contributed by atoms with Crippen molar-refractivity contribution in [1.29, 1.82) is 0 Å². The zero-order chi connectivity index (χ0) is 15.1. The molecule has 108 valence electrons. The largest absolute Gasteiger partial charge is 0.356 e. The Morgan fingerprint density at radius 3 is 2.62 bits per heavy atom. The van der Waals surface area contributed by atoms with Crippen LogP contribution in [0.15, 0.2) is 54.9 Å². The lowest BCUT2D eigenvalue weighted by atomic mass is 10.1. The Labute approximate surface area is 129 Å². The summed E-state index contributed by atoms with van der Waals surface area (Å²) in [6.07, 6.45) is 4.00. The van der Waals surface area contributed by atoms with Crippen LogP contribution in [-0.4, -0.2) is 16.0 Å². The molecule has 2 aromatic rings. The van der Waals surface area contributed by atoms with Crippen molar-refractivity contribution in [3.05, 3.63) is 66.0 Å². The number of carbonyl (C=O) groups is 1. The van der Waals surface area contributed by atoms with Gasteiger partial charge in [-0.3, -0.25) is 15.1 Å². The van der Waals surface area contributed by atoms with E-state index in [0.717, 1.165) is 12.0 Å². The van der Waals surface area contributed by atoms with E-state index in [0.29, 0.717) is 10.7 Å². The van der Waals surface area contributed by atoms with Crippen LogP contribution in [0.5, 0.6) is 0 Å². The Balaban J connectivity index is 1.96. The van der Waals surface area contributed by atoms with Crippen LogP contribution in [0.25, 0.3) is 0 Å². The number of hydrogen-bond donors (Lipinski definition) is 2. The van der Waals surface area contributed by atoms with E-state index >= 15 is 0 Å². The van der Waals surface area contributed by atoms with Crippen LogP contribution in [0.3, 0.4) is 0 Å². The SMILES string of the molecule is CC[C@@H](NC(=S)NC(=O)c1cccnc1)c1ccccc1. The number of rotatable bonds is 4. The quantitative estimate of drug-likeness (QED) is 0.852. The second-order valence-electron chi connectivity index (χ2n) is 4.54. The number of carbonyl (C=O) groups excluding carboxylic acids is 1. The van der Waals surface area contributed by atoms with Crippen LogP contribution in [0, 0.1) is 0 Å². The summed E-state index contributed by atoms with van der Waals surface area (Å²) in [6.45, 7) is 2.07. The number of thiocarbonyl (C=S) groups is 1. The molecule has 0 aliphatic heterocycles. The van der Waals surface area contributed by atoms with Gasteiger partial charge in [0.05, 0.1) is 11.6 Å². The lowest BCUT2D eigenvalue weighted by molar-refractivity contribution is 0.0976. The maximum absolute atomic E-state index is 12.0. The molecule has 1 atom stereocenters. The number of amides is 1. The minimum absolute atomic E-state index is 0.0768. The third-order valence-corrected chi connectivity index (χ3v) is 3.29. The monoisotopic (exact) mass is 299 g/mol. The van der Waals surface area contributed by atoms with Crippen molar-refractivity contribution in [2.24, 2.45) is 0 Å². The molecular formula is C16H17N3OS. The Morgan fingerprint density at radius 2 is 2.00 bits per heavy atom. The molecule has 1 aromatic heterocycles. The van der Waals surface area contributed by atoms with Crippen molar-refractivity contribution in [3.8, 4) is 0 Å². The first kappa shape index (κ1) is 15.1. The number of aromatic nitrogens is 1. The summed E-state index contributed by atoms with van der Waals surface area (Å²) in [5, 5.41) is 6.15. The highest BCUT2D eigenvalue weighted by Crippen LogP contribution is 2.15. The molecule has 0 saturated heterocycles. The smallest absolute Gasteiger partial charge is 0.258 e. The van der Waals surface area contributed by atoms with Gasteiger partial charge in [0.25, 0.3) is 5.91 Å². The molecule has 0 aliphatic rings. The molecule has 0 spiro atoms. The summed E-state index contributed by atoms with van der Waals surface area (Å²) in [6, 6.07) is 13.5. The fourth-order valence-electron chi connectivity index (χ4n) is 1.97. The Hall–Kier alpha value is -2.27. The van der Waals surface area contributed by atoms with Crippen molar-refractivity contribution < 1.29 is 4.79 Å². The van der Waals surface area contributed by atoms with Gasteiger partial charge >= 0.3 is 0 Å². The van der Waals surface area contributed by atoms with Crippen LogP contribution in [0.2, 0.25) is 0 Å². The maximum Gasteiger partial charge on any atom is 0.258 e. The second kappa shape index (κ2) is 7.50. The average Bonchev–Trinajstić information content (AvgIpc) is 2.54. The molecule has 21 heavy (non-hydrogen) atoms. The van der Waals surface area contributed by atoms with Gasteiger partial charge in [-0.25, -0.2) is 0 Å². The molecule has 0 aliphatic carbocycles. The topological polar surface area (TPSA) is 54.0 Å². The fraction of sp³-hybridized carbons (Fsp3) is 0.188. The van der Waals surface area contributed by atoms with Gasteiger partial charge < -0.3 is 5.32 Å². The Bertz CT molecular complexity index is 601. The first-order valence-electron chi connectivity index (χ1n) is 6.77. The van der Waals surface area contributed by atoms with E-state index < -0.39 is 0 Å². The summed E-state index contributed by atoms with van der Waals surface area (Å²) >= 11 is 5.21. The van der Waals surface area contributed by atoms with Gasteiger partial charge in [0.1, 0.15) is 0 Å². The van der Waals surface area contributed by atoms with Gasteiger partial charge in [-0.15, -0.1) is 0 Å².